The van der Waals surface area contributed by atoms with Crippen molar-refractivity contribution in [2.24, 2.45) is 5.92 Å². The summed E-state index contributed by atoms with van der Waals surface area (Å²) < 4.78 is 0. The van der Waals surface area contributed by atoms with Crippen LogP contribution in [0.4, 0.5) is 5.69 Å². The number of hydrogen-bond acceptors (Lipinski definition) is 4. The number of rotatable bonds is 3. The molecule has 3 rings (SSSR count). The van der Waals surface area contributed by atoms with Crippen molar-refractivity contribution in [2.45, 2.75) is 25.0 Å². The van der Waals surface area contributed by atoms with Crippen LogP contribution in [0.25, 0.3) is 0 Å². The number of nitro benzene ring substituents is 1. The first kappa shape index (κ1) is 12.1. The van der Waals surface area contributed by atoms with Crippen LogP contribution in [0.1, 0.15) is 24.5 Å². The van der Waals surface area contributed by atoms with Gasteiger partial charge in [-0.2, -0.15) is 0 Å². The smallest absolute Gasteiger partial charge is 0.269 e. The summed E-state index contributed by atoms with van der Waals surface area (Å²) in [5.74, 6) is -0.406. The second kappa shape index (κ2) is 4.31. The van der Waals surface area contributed by atoms with Gasteiger partial charge in [0.1, 0.15) is 0 Å². The van der Waals surface area contributed by atoms with E-state index in [1.807, 2.05) is 0 Å². The number of fused-ring (bicyclic) bond motifs is 1. The highest BCUT2D eigenvalue weighted by Crippen LogP contribution is 2.40. The first-order chi connectivity index (χ1) is 9.08. The summed E-state index contributed by atoms with van der Waals surface area (Å²) in [6, 6.07) is 6.03. The van der Waals surface area contributed by atoms with Gasteiger partial charge in [-0.15, -0.1) is 0 Å². The molecule has 100 valence electrons. The van der Waals surface area contributed by atoms with E-state index in [9.17, 15) is 20.0 Å². The molecule has 3 atom stereocenters. The Hall–Kier alpha value is -1.95. The largest absolute Gasteiger partial charge is 0.388 e. The lowest BCUT2D eigenvalue weighted by atomic mass is 9.92. The minimum atomic E-state index is -0.876. The molecule has 0 aliphatic carbocycles. The molecule has 0 aromatic heterocycles. The van der Waals surface area contributed by atoms with Gasteiger partial charge in [-0.3, -0.25) is 14.9 Å². The lowest BCUT2D eigenvalue weighted by molar-refractivity contribution is -0.384. The Morgan fingerprint density at radius 3 is 2.47 bits per heavy atom. The molecule has 6 nitrogen and oxygen atoms in total. The predicted octanol–water partition coefficient (Wildman–Crippen LogP) is 1.25. The minimum Gasteiger partial charge on any atom is -0.388 e. The molecule has 2 saturated heterocycles. The van der Waals surface area contributed by atoms with E-state index in [-0.39, 0.29) is 17.6 Å². The number of nitrogens with zero attached hydrogens (tertiary/aromatic N) is 2. The second-order valence-corrected chi connectivity index (χ2v) is 5.11. The van der Waals surface area contributed by atoms with Gasteiger partial charge in [-0.05, 0) is 30.5 Å². The molecule has 0 bridgehead atoms. The van der Waals surface area contributed by atoms with E-state index >= 15 is 0 Å². The molecule has 1 amide bonds. The molecule has 2 aliphatic rings. The Bertz CT molecular complexity index is 528. The zero-order chi connectivity index (χ0) is 13.6. The van der Waals surface area contributed by atoms with Crippen LogP contribution in [0.2, 0.25) is 0 Å². The average Bonchev–Trinajstić information content (AvgIpc) is 2.58. The van der Waals surface area contributed by atoms with Gasteiger partial charge in [0.15, 0.2) is 0 Å². The molecule has 19 heavy (non-hydrogen) atoms. The third kappa shape index (κ3) is 1.88. The van der Waals surface area contributed by atoms with E-state index in [1.165, 1.54) is 24.3 Å². The topological polar surface area (TPSA) is 83.7 Å². The highest BCUT2D eigenvalue weighted by molar-refractivity contribution is 5.83. The molecule has 2 fully saturated rings. The van der Waals surface area contributed by atoms with Gasteiger partial charge >= 0.3 is 0 Å². The first-order valence-corrected chi connectivity index (χ1v) is 6.31. The number of non-ortho nitro benzene ring substituents is 1. The Morgan fingerprint density at radius 1 is 1.37 bits per heavy atom. The summed E-state index contributed by atoms with van der Waals surface area (Å²) >= 11 is 0. The number of carbonyl (C=O) groups excluding carboxylic acids is 1. The van der Waals surface area contributed by atoms with Crippen LogP contribution in [0, 0.1) is 16.0 Å². The van der Waals surface area contributed by atoms with E-state index in [0.29, 0.717) is 12.0 Å². The number of aliphatic hydroxyl groups excluding tert-OH is 1. The Balaban J connectivity index is 1.78. The summed E-state index contributed by atoms with van der Waals surface area (Å²) in [6.45, 7) is 0.785. The van der Waals surface area contributed by atoms with Crippen molar-refractivity contribution in [2.75, 3.05) is 6.54 Å². The molecule has 0 unspecified atom stereocenters. The van der Waals surface area contributed by atoms with Gasteiger partial charge in [-0.1, -0.05) is 0 Å². The fourth-order valence-corrected chi connectivity index (χ4v) is 2.87. The molecular weight excluding hydrogens is 248 g/mol. The highest BCUT2D eigenvalue weighted by Gasteiger charge is 2.47. The van der Waals surface area contributed by atoms with Gasteiger partial charge in [0.2, 0.25) is 5.91 Å². The molecule has 0 radical (unpaired) electrons. The summed E-state index contributed by atoms with van der Waals surface area (Å²) in [4.78, 5) is 23.9. The van der Waals surface area contributed by atoms with Gasteiger partial charge in [0, 0.05) is 24.7 Å². The normalized spacial score (nSPS) is 26.8. The molecule has 1 N–H and O–H groups in total. The number of benzene rings is 1. The van der Waals surface area contributed by atoms with Crippen molar-refractivity contribution in [3.8, 4) is 0 Å². The zero-order valence-corrected chi connectivity index (χ0v) is 10.2. The van der Waals surface area contributed by atoms with Crippen molar-refractivity contribution in [1.29, 1.82) is 0 Å². The Morgan fingerprint density at radius 2 is 2.05 bits per heavy atom. The lowest BCUT2D eigenvalue weighted by Crippen LogP contribution is -2.45. The summed E-state index contributed by atoms with van der Waals surface area (Å²) in [6.07, 6.45) is 0.811. The third-order valence-corrected chi connectivity index (χ3v) is 4.10. The van der Waals surface area contributed by atoms with Gasteiger partial charge in [0.05, 0.1) is 16.9 Å². The molecule has 0 spiro atoms. The minimum absolute atomic E-state index is 0.00195. The maximum atomic E-state index is 12.0. The van der Waals surface area contributed by atoms with E-state index < -0.39 is 16.9 Å². The van der Waals surface area contributed by atoms with Crippen LogP contribution >= 0.6 is 0 Å². The van der Waals surface area contributed by atoms with Crippen LogP contribution in [0.3, 0.4) is 0 Å². The molecular formula is C13H14N2O4. The van der Waals surface area contributed by atoms with Crippen molar-refractivity contribution in [1.82, 2.24) is 4.90 Å². The molecule has 2 aliphatic heterocycles. The summed E-state index contributed by atoms with van der Waals surface area (Å²) in [5, 5.41) is 20.8. The first-order valence-electron chi connectivity index (χ1n) is 6.31. The molecule has 1 aromatic rings. The van der Waals surface area contributed by atoms with Crippen LogP contribution < -0.4 is 0 Å². The van der Waals surface area contributed by atoms with E-state index in [4.69, 9.17) is 0 Å². The lowest BCUT2D eigenvalue weighted by Gasteiger charge is -2.34. The van der Waals surface area contributed by atoms with Crippen molar-refractivity contribution in [3.05, 3.63) is 39.9 Å². The van der Waals surface area contributed by atoms with Crippen LogP contribution in [0.5, 0.6) is 0 Å². The molecule has 1 aromatic carbocycles. The van der Waals surface area contributed by atoms with E-state index in [2.05, 4.69) is 0 Å². The highest BCUT2D eigenvalue weighted by atomic mass is 16.6. The zero-order valence-electron chi connectivity index (χ0n) is 10.2. The van der Waals surface area contributed by atoms with Crippen LogP contribution in [-0.2, 0) is 4.79 Å². The van der Waals surface area contributed by atoms with Crippen molar-refractivity contribution in [3.63, 3.8) is 0 Å². The van der Waals surface area contributed by atoms with Crippen molar-refractivity contribution >= 4 is 11.6 Å². The van der Waals surface area contributed by atoms with Crippen LogP contribution in [0.15, 0.2) is 24.3 Å². The maximum Gasteiger partial charge on any atom is 0.269 e. The van der Waals surface area contributed by atoms with Gasteiger partial charge in [0.25, 0.3) is 5.69 Å². The third-order valence-electron chi connectivity index (χ3n) is 4.10. The Labute approximate surface area is 109 Å². The number of aliphatic hydroxyl groups is 1. The van der Waals surface area contributed by atoms with E-state index in [0.717, 1.165) is 13.0 Å². The number of carbonyl (C=O) groups is 1. The summed E-state index contributed by atoms with van der Waals surface area (Å²) in [5.41, 5.74) is 0.545. The van der Waals surface area contributed by atoms with Gasteiger partial charge < -0.3 is 10.0 Å². The fraction of sp³-hybridized carbons (Fsp3) is 0.462. The maximum absolute atomic E-state index is 12.0. The monoisotopic (exact) mass is 262 g/mol. The Kier molecular flexibility index (Phi) is 2.74. The molecule has 6 heteroatoms. The van der Waals surface area contributed by atoms with Crippen LogP contribution in [-0.4, -0.2) is 33.4 Å². The van der Waals surface area contributed by atoms with Gasteiger partial charge in [-0.25, -0.2) is 0 Å². The number of nitro groups is 1. The second-order valence-electron chi connectivity index (χ2n) is 5.11. The fourth-order valence-electron chi connectivity index (χ4n) is 2.87. The predicted molar refractivity (Wildman–Crippen MR) is 66.3 cm³/mol. The van der Waals surface area contributed by atoms with E-state index in [1.54, 1.807) is 4.90 Å². The standard InChI is InChI=1S/C13H14N2O4/c16-12(8-1-3-9(4-2-8)15(18)19)11-7-10-5-6-14(10)13(11)17/h1-4,10-12,16H,5-7H2/t10-,11+,12+/m0/s1. The molecule has 0 saturated carbocycles. The van der Waals surface area contributed by atoms with Crippen molar-refractivity contribution < 1.29 is 14.8 Å². The SMILES string of the molecule is O=C1[C@@H]([C@H](O)c2ccc([N+](=O)[O-])cc2)C[C@@H]2CCN12. The summed E-state index contributed by atoms with van der Waals surface area (Å²) in [7, 11) is 0. The molecule has 2 heterocycles. The number of hydrogen-bond donors (Lipinski definition) is 1. The number of amides is 1. The quantitative estimate of drug-likeness (QED) is 0.656. The average molecular weight is 262 g/mol.